The summed E-state index contributed by atoms with van der Waals surface area (Å²) in [6.45, 7) is 3.83. The molecule has 5 heteroatoms. The third-order valence-corrected chi connectivity index (χ3v) is 3.33. The molecular formula is C11H13Br2FO2. The summed E-state index contributed by atoms with van der Waals surface area (Å²) in [7, 11) is 0. The van der Waals surface area contributed by atoms with E-state index in [0.717, 1.165) is 0 Å². The summed E-state index contributed by atoms with van der Waals surface area (Å²) >= 11 is 6.46. The predicted molar refractivity (Wildman–Crippen MR) is 68.1 cm³/mol. The van der Waals surface area contributed by atoms with Crippen LogP contribution in [0.2, 0.25) is 0 Å². The molecule has 0 aliphatic rings. The molecule has 0 radical (unpaired) electrons. The van der Waals surface area contributed by atoms with Crippen LogP contribution in [0.3, 0.4) is 0 Å². The first kappa shape index (κ1) is 13.9. The highest BCUT2D eigenvalue weighted by atomic mass is 79.9. The Bertz CT molecular complexity index is 346. The number of halogens is 3. The molecule has 0 amide bonds. The minimum absolute atomic E-state index is 0.0755. The summed E-state index contributed by atoms with van der Waals surface area (Å²) in [5.41, 5.74) is 0. The van der Waals surface area contributed by atoms with Gasteiger partial charge in [-0.2, -0.15) is 0 Å². The molecule has 1 rings (SSSR count). The quantitative estimate of drug-likeness (QED) is 0.891. The third-order valence-electron chi connectivity index (χ3n) is 2.16. The topological polar surface area (TPSA) is 29.5 Å². The van der Waals surface area contributed by atoms with E-state index in [-0.39, 0.29) is 24.4 Å². The number of hydrogen-bond acceptors (Lipinski definition) is 2. The molecule has 1 aromatic rings. The van der Waals surface area contributed by atoms with Gasteiger partial charge in [-0.05, 0) is 49.9 Å². The summed E-state index contributed by atoms with van der Waals surface area (Å²) in [5.74, 6) is 0.333. The van der Waals surface area contributed by atoms with Crippen LogP contribution in [0.15, 0.2) is 21.1 Å². The zero-order chi connectivity index (χ0) is 12.3. The van der Waals surface area contributed by atoms with Crippen molar-refractivity contribution in [2.45, 2.75) is 20.0 Å². The summed E-state index contributed by atoms with van der Waals surface area (Å²) in [5, 5.41) is 9.16. The number of aliphatic hydroxyl groups excluding tert-OH is 1. The van der Waals surface area contributed by atoms with Gasteiger partial charge >= 0.3 is 0 Å². The van der Waals surface area contributed by atoms with Crippen molar-refractivity contribution in [2.24, 2.45) is 5.92 Å². The second-order valence-corrected chi connectivity index (χ2v) is 5.49. The van der Waals surface area contributed by atoms with Crippen LogP contribution in [-0.4, -0.2) is 17.8 Å². The van der Waals surface area contributed by atoms with Gasteiger partial charge in [0.25, 0.3) is 0 Å². The van der Waals surface area contributed by atoms with Gasteiger partial charge in [-0.25, -0.2) is 4.39 Å². The van der Waals surface area contributed by atoms with E-state index in [1.807, 2.05) is 13.8 Å². The summed E-state index contributed by atoms with van der Waals surface area (Å²) < 4.78 is 19.7. The Morgan fingerprint density at radius 2 is 1.81 bits per heavy atom. The molecule has 1 aromatic carbocycles. The van der Waals surface area contributed by atoms with Crippen LogP contribution in [0, 0.1) is 11.7 Å². The van der Waals surface area contributed by atoms with E-state index in [2.05, 4.69) is 31.9 Å². The van der Waals surface area contributed by atoms with Crippen LogP contribution < -0.4 is 4.74 Å². The van der Waals surface area contributed by atoms with Gasteiger partial charge in [-0.15, -0.1) is 0 Å². The van der Waals surface area contributed by atoms with Crippen LogP contribution in [0.25, 0.3) is 0 Å². The third kappa shape index (κ3) is 3.43. The molecule has 0 unspecified atom stereocenters. The lowest BCUT2D eigenvalue weighted by Gasteiger charge is -2.22. The monoisotopic (exact) mass is 354 g/mol. The van der Waals surface area contributed by atoms with Crippen molar-refractivity contribution in [3.63, 3.8) is 0 Å². The lowest BCUT2D eigenvalue weighted by atomic mass is 10.1. The number of ether oxygens (including phenoxy) is 1. The number of benzene rings is 1. The normalized spacial score (nSPS) is 12.9. The second kappa shape index (κ2) is 5.98. The molecule has 0 aliphatic heterocycles. The predicted octanol–water partition coefficient (Wildman–Crippen LogP) is 3.75. The van der Waals surface area contributed by atoms with Crippen molar-refractivity contribution in [3.8, 4) is 5.75 Å². The Morgan fingerprint density at radius 3 is 2.19 bits per heavy atom. The lowest BCUT2D eigenvalue weighted by Crippen LogP contribution is -2.27. The zero-order valence-electron chi connectivity index (χ0n) is 9.01. The van der Waals surface area contributed by atoms with Crippen LogP contribution in [0.4, 0.5) is 4.39 Å². The van der Waals surface area contributed by atoms with Crippen LogP contribution in [0.5, 0.6) is 5.75 Å². The van der Waals surface area contributed by atoms with Crippen LogP contribution in [-0.2, 0) is 0 Å². The van der Waals surface area contributed by atoms with Crippen LogP contribution in [0.1, 0.15) is 13.8 Å². The molecule has 0 fully saturated rings. The Labute approximate surface area is 111 Å². The SMILES string of the molecule is CC(C)[C@H](CO)Oc1c(Br)cc(F)cc1Br. The van der Waals surface area contributed by atoms with E-state index < -0.39 is 0 Å². The maximum atomic E-state index is 13.0. The first-order valence-electron chi connectivity index (χ1n) is 4.87. The van der Waals surface area contributed by atoms with E-state index in [9.17, 15) is 4.39 Å². The van der Waals surface area contributed by atoms with Gasteiger partial charge in [0.1, 0.15) is 17.7 Å². The summed E-state index contributed by atoms with van der Waals surface area (Å²) in [4.78, 5) is 0. The lowest BCUT2D eigenvalue weighted by molar-refractivity contribution is 0.0787. The Morgan fingerprint density at radius 1 is 1.31 bits per heavy atom. The molecule has 0 aliphatic carbocycles. The fourth-order valence-electron chi connectivity index (χ4n) is 1.18. The Balaban J connectivity index is 2.96. The van der Waals surface area contributed by atoms with E-state index in [1.54, 1.807) is 0 Å². The molecule has 0 aromatic heterocycles. The molecule has 0 bridgehead atoms. The number of rotatable bonds is 4. The maximum Gasteiger partial charge on any atom is 0.148 e. The van der Waals surface area contributed by atoms with Crippen molar-refractivity contribution in [1.82, 2.24) is 0 Å². The van der Waals surface area contributed by atoms with Crippen molar-refractivity contribution in [2.75, 3.05) is 6.61 Å². The zero-order valence-corrected chi connectivity index (χ0v) is 12.2. The highest BCUT2D eigenvalue weighted by Gasteiger charge is 2.18. The standard InChI is InChI=1S/C11H13Br2FO2/c1-6(2)10(5-15)16-11-8(12)3-7(14)4-9(11)13/h3-4,6,10,15H,5H2,1-2H3/t10-/m0/s1. The smallest absolute Gasteiger partial charge is 0.148 e. The molecular weight excluding hydrogens is 343 g/mol. The maximum absolute atomic E-state index is 13.0. The molecule has 16 heavy (non-hydrogen) atoms. The van der Waals surface area contributed by atoms with Gasteiger partial charge in [-0.1, -0.05) is 13.8 Å². The second-order valence-electron chi connectivity index (χ2n) is 3.78. The average molecular weight is 356 g/mol. The van der Waals surface area contributed by atoms with Gasteiger partial charge in [0.05, 0.1) is 15.6 Å². The van der Waals surface area contributed by atoms with Gasteiger partial charge in [0.15, 0.2) is 0 Å². The van der Waals surface area contributed by atoms with Crippen LogP contribution >= 0.6 is 31.9 Å². The van der Waals surface area contributed by atoms with Gasteiger partial charge in [0, 0.05) is 0 Å². The minimum atomic E-state index is -0.351. The minimum Gasteiger partial charge on any atom is -0.485 e. The first-order chi connectivity index (χ1) is 7.45. The average Bonchev–Trinajstić information content (AvgIpc) is 2.15. The molecule has 1 N–H and O–H groups in total. The molecule has 90 valence electrons. The first-order valence-corrected chi connectivity index (χ1v) is 6.46. The highest BCUT2D eigenvalue weighted by Crippen LogP contribution is 2.35. The van der Waals surface area contributed by atoms with E-state index in [4.69, 9.17) is 9.84 Å². The van der Waals surface area contributed by atoms with Crippen molar-refractivity contribution < 1.29 is 14.2 Å². The van der Waals surface area contributed by atoms with Gasteiger partial charge in [0.2, 0.25) is 0 Å². The van der Waals surface area contributed by atoms with Gasteiger partial charge in [-0.3, -0.25) is 0 Å². The summed E-state index contributed by atoms with van der Waals surface area (Å²) in [6.07, 6.45) is -0.307. The molecule has 0 spiro atoms. The number of aliphatic hydroxyl groups is 1. The summed E-state index contributed by atoms with van der Waals surface area (Å²) in [6, 6.07) is 2.66. The fourth-order valence-corrected chi connectivity index (χ4v) is 2.49. The van der Waals surface area contributed by atoms with Crippen molar-refractivity contribution in [1.29, 1.82) is 0 Å². The molecule has 0 heterocycles. The van der Waals surface area contributed by atoms with E-state index in [1.165, 1.54) is 12.1 Å². The van der Waals surface area contributed by atoms with E-state index in [0.29, 0.717) is 14.7 Å². The highest BCUT2D eigenvalue weighted by molar-refractivity contribution is 9.11. The number of hydrogen-bond donors (Lipinski definition) is 1. The van der Waals surface area contributed by atoms with Crippen molar-refractivity contribution >= 4 is 31.9 Å². The Kier molecular flexibility index (Phi) is 5.21. The van der Waals surface area contributed by atoms with Crippen molar-refractivity contribution in [3.05, 3.63) is 26.9 Å². The Hall–Kier alpha value is -0.130. The molecule has 0 saturated carbocycles. The molecule has 2 nitrogen and oxygen atoms in total. The van der Waals surface area contributed by atoms with E-state index >= 15 is 0 Å². The molecule has 1 atom stereocenters. The molecule has 0 saturated heterocycles. The fraction of sp³-hybridized carbons (Fsp3) is 0.455. The largest absolute Gasteiger partial charge is 0.485 e. The van der Waals surface area contributed by atoms with Gasteiger partial charge < -0.3 is 9.84 Å².